The molecule has 2 N–H and O–H groups in total. The molecule has 10 heavy (non-hydrogen) atoms. The Morgan fingerprint density at radius 3 is 2.70 bits per heavy atom. The van der Waals surface area contributed by atoms with Crippen molar-refractivity contribution in [1.29, 1.82) is 0 Å². The highest BCUT2D eigenvalue weighted by atomic mass is 16.6. The Labute approximate surface area is 60.2 Å². The van der Waals surface area contributed by atoms with Crippen LogP contribution < -0.4 is 5.90 Å². The number of esters is 1. The molecule has 0 heterocycles. The van der Waals surface area contributed by atoms with Crippen molar-refractivity contribution < 1.29 is 14.4 Å². The predicted molar refractivity (Wildman–Crippen MR) is 36.0 cm³/mol. The van der Waals surface area contributed by atoms with Crippen LogP contribution in [0.1, 0.15) is 20.3 Å². The molecule has 1 atom stereocenters. The molecule has 0 saturated carbocycles. The van der Waals surface area contributed by atoms with Crippen molar-refractivity contribution in [2.45, 2.75) is 26.4 Å². The summed E-state index contributed by atoms with van der Waals surface area (Å²) in [6.45, 7) is 3.88. The molecule has 0 amide bonds. The molecule has 0 aliphatic carbocycles. The topological polar surface area (TPSA) is 61.5 Å². The van der Waals surface area contributed by atoms with Gasteiger partial charge in [-0.15, -0.1) is 0 Å². The Balaban J connectivity index is 3.42. The highest BCUT2D eigenvalue weighted by Crippen LogP contribution is 1.91. The summed E-state index contributed by atoms with van der Waals surface area (Å²) >= 11 is 0. The second-order valence-corrected chi connectivity index (χ2v) is 1.95. The molecule has 1 unspecified atom stereocenters. The molecule has 0 aromatic carbocycles. The molecule has 0 rings (SSSR count). The zero-order valence-electron chi connectivity index (χ0n) is 6.29. The van der Waals surface area contributed by atoms with Crippen molar-refractivity contribution in [3.8, 4) is 0 Å². The van der Waals surface area contributed by atoms with E-state index in [-0.39, 0.29) is 0 Å². The van der Waals surface area contributed by atoms with E-state index in [0.717, 1.165) is 6.42 Å². The van der Waals surface area contributed by atoms with Crippen LogP contribution >= 0.6 is 0 Å². The van der Waals surface area contributed by atoms with Gasteiger partial charge in [0.25, 0.3) is 0 Å². The average molecular weight is 147 g/mol. The molecule has 0 spiro atoms. The Hall–Kier alpha value is -0.610. The molecular formula is C6H13NO3. The number of nitrogens with two attached hydrogens (primary N) is 1. The van der Waals surface area contributed by atoms with E-state index in [4.69, 9.17) is 10.6 Å². The van der Waals surface area contributed by atoms with Gasteiger partial charge in [-0.3, -0.25) is 4.84 Å². The molecule has 4 nitrogen and oxygen atoms in total. The number of rotatable bonds is 4. The summed E-state index contributed by atoms with van der Waals surface area (Å²) in [6, 6.07) is 0. The lowest BCUT2D eigenvalue weighted by Gasteiger charge is -2.07. The average Bonchev–Trinajstić information content (AvgIpc) is 1.98. The smallest absolute Gasteiger partial charge is 0.337 e. The summed E-state index contributed by atoms with van der Waals surface area (Å²) in [4.78, 5) is 14.9. The first-order valence-electron chi connectivity index (χ1n) is 3.24. The Kier molecular flexibility index (Phi) is 4.88. The van der Waals surface area contributed by atoms with E-state index in [2.05, 4.69) is 4.84 Å². The molecule has 0 saturated heterocycles. The normalized spacial score (nSPS) is 12.7. The Morgan fingerprint density at radius 1 is 1.70 bits per heavy atom. The molecular weight excluding hydrogens is 134 g/mol. The van der Waals surface area contributed by atoms with Crippen LogP contribution in [-0.2, 0) is 14.4 Å². The fourth-order valence-electron chi connectivity index (χ4n) is 0.376. The van der Waals surface area contributed by atoms with Crippen LogP contribution in [-0.4, -0.2) is 18.7 Å². The van der Waals surface area contributed by atoms with Gasteiger partial charge in [-0.05, 0) is 13.3 Å². The number of carbonyl (C=O) groups excluding carboxylic acids is 1. The summed E-state index contributed by atoms with van der Waals surface area (Å²) in [5.41, 5.74) is 0. The summed E-state index contributed by atoms with van der Waals surface area (Å²) in [7, 11) is 0. The second kappa shape index (κ2) is 5.20. The molecule has 0 aliphatic rings. The number of carbonyl (C=O) groups is 1. The Bertz CT molecular complexity index is 105. The summed E-state index contributed by atoms with van der Waals surface area (Å²) in [5, 5.41) is 0. The van der Waals surface area contributed by atoms with Crippen LogP contribution in [0.25, 0.3) is 0 Å². The van der Waals surface area contributed by atoms with Crippen molar-refractivity contribution in [3.05, 3.63) is 0 Å². The van der Waals surface area contributed by atoms with Gasteiger partial charge in [0, 0.05) is 0 Å². The number of ether oxygens (including phenoxy) is 1. The van der Waals surface area contributed by atoms with E-state index < -0.39 is 12.1 Å². The van der Waals surface area contributed by atoms with Gasteiger partial charge in [-0.1, -0.05) is 6.92 Å². The lowest BCUT2D eigenvalue weighted by molar-refractivity contribution is -0.156. The van der Waals surface area contributed by atoms with Crippen molar-refractivity contribution in [2.75, 3.05) is 6.61 Å². The zero-order chi connectivity index (χ0) is 7.98. The largest absolute Gasteiger partial charge is 0.464 e. The van der Waals surface area contributed by atoms with E-state index in [0.29, 0.717) is 6.61 Å². The van der Waals surface area contributed by atoms with Gasteiger partial charge in [0.15, 0.2) is 6.10 Å². The number of hydrogen-bond acceptors (Lipinski definition) is 4. The molecule has 4 heteroatoms. The van der Waals surface area contributed by atoms with Crippen LogP contribution in [0.15, 0.2) is 0 Å². The molecule has 0 aliphatic heterocycles. The molecule has 0 aromatic rings. The lowest BCUT2D eigenvalue weighted by Crippen LogP contribution is -2.26. The standard InChI is InChI=1S/C6H13NO3/c1-3-4-9-6(8)5(2)10-7/h5H,3-4,7H2,1-2H3. The van der Waals surface area contributed by atoms with Crippen molar-refractivity contribution >= 4 is 5.97 Å². The zero-order valence-corrected chi connectivity index (χ0v) is 6.29. The quantitative estimate of drug-likeness (QED) is 0.456. The molecule has 0 fully saturated rings. The fourth-order valence-corrected chi connectivity index (χ4v) is 0.376. The van der Waals surface area contributed by atoms with Gasteiger partial charge >= 0.3 is 5.97 Å². The van der Waals surface area contributed by atoms with Crippen molar-refractivity contribution in [3.63, 3.8) is 0 Å². The third-order valence-electron chi connectivity index (χ3n) is 0.984. The Morgan fingerprint density at radius 2 is 2.30 bits per heavy atom. The SMILES string of the molecule is CCCOC(=O)C(C)ON. The first-order chi connectivity index (χ1) is 4.72. The highest BCUT2D eigenvalue weighted by Gasteiger charge is 2.12. The van der Waals surface area contributed by atoms with Crippen LogP contribution in [0.2, 0.25) is 0 Å². The maximum absolute atomic E-state index is 10.7. The van der Waals surface area contributed by atoms with Crippen molar-refractivity contribution in [1.82, 2.24) is 0 Å². The van der Waals surface area contributed by atoms with Crippen LogP contribution in [0, 0.1) is 0 Å². The van der Waals surface area contributed by atoms with Gasteiger partial charge in [0.05, 0.1) is 6.61 Å². The van der Waals surface area contributed by atoms with Crippen LogP contribution in [0.3, 0.4) is 0 Å². The first kappa shape index (κ1) is 9.39. The fraction of sp³-hybridized carbons (Fsp3) is 0.833. The van der Waals surface area contributed by atoms with Gasteiger partial charge in [-0.25, -0.2) is 10.7 Å². The molecule has 0 bridgehead atoms. The summed E-state index contributed by atoms with van der Waals surface area (Å²) in [6.07, 6.45) is 0.148. The predicted octanol–water partition coefficient (Wildman–Crippen LogP) is 0.218. The highest BCUT2D eigenvalue weighted by molar-refractivity contribution is 5.74. The van der Waals surface area contributed by atoms with Gasteiger partial charge in [0.2, 0.25) is 0 Å². The maximum Gasteiger partial charge on any atom is 0.337 e. The first-order valence-corrected chi connectivity index (χ1v) is 3.24. The third kappa shape index (κ3) is 3.42. The lowest BCUT2D eigenvalue weighted by atomic mass is 10.4. The minimum atomic E-state index is -0.661. The number of hydrogen-bond donors (Lipinski definition) is 1. The minimum Gasteiger partial charge on any atom is -0.464 e. The van der Waals surface area contributed by atoms with E-state index in [1.807, 2.05) is 6.92 Å². The van der Waals surface area contributed by atoms with Gasteiger partial charge in [-0.2, -0.15) is 0 Å². The van der Waals surface area contributed by atoms with Crippen LogP contribution in [0.5, 0.6) is 0 Å². The minimum absolute atomic E-state index is 0.413. The molecule has 0 aromatic heterocycles. The van der Waals surface area contributed by atoms with Crippen molar-refractivity contribution in [2.24, 2.45) is 5.90 Å². The van der Waals surface area contributed by atoms with Gasteiger partial charge < -0.3 is 4.74 Å². The summed E-state index contributed by atoms with van der Waals surface area (Å²) in [5.74, 6) is 4.33. The van der Waals surface area contributed by atoms with Crippen LogP contribution in [0.4, 0.5) is 0 Å². The van der Waals surface area contributed by atoms with Gasteiger partial charge in [0.1, 0.15) is 0 Å². The van der Waals surface area contributed by atoms with E-state index >= 15 is 0 Å². The maximum atomic E-state index is 10.7. The molecule has 60 valence electrons. The monoisotopic (exact) mass is 147 g/mol. The van der Waals surface area contributed by atoms with E-state index in [1.165, 1.54) is 6.92 Å². The second-order valence-electron chi connectivity index (χ2n) is 1.95. The van der Waals surface area contributed by atoms with E-state index in [9.17, 15) is 4.79 Å². The van der Waals surface area contributed by atoms with E-state index in [1.54, 1.807) is 0 Å². The third-order valence-corrected chi connectivity index (χ3v) is 0.984. The summed E-state index contributed by atoms with van der Waals surface area (Å²) < 4.78 is 4.70. The molecule has 0 radical (unpaired) electrons.